The van der Waals surface area contributed by atoms with Crippen LogP contribution in [0.2, 0.25) is 0 Å². The number of unbranched alkanes of at least 4 members (excludes halogenated alkanes) is 1. The number of nitrogens with one attached hydrogen (secondary N) is 1. The van der Waals surface area contributed by atoms with Gasteiger partial charge in [-0.2, -0.15) is 13.2 Å². The third kappa shape index (κ3) is 7.05. The van der Waals surface area contributed by atoms with E-state index in [4.69, 9.17) is 4.74 Å². The Labute approximate surface area is 126 Å². The lowest BCUT2D eigenvalue weighted by molar-refractivity contribution is -0.0328. The van der Waals surface area contributed by atoms with Gasteiger partial charge < -0.3 is 4.74 Å². The van der Waals surface area contributed by atoms with Crippen molar-refractivity contribution in [2.45, 2.75) is 23.2 Å². The second-order valence-electron chi connectivity index (χ2n) is 4.07. The lowest BCUT2D eigenvalue weighted by atomic mass is 10.3. The van der Waals surface area contributed by atoms with Crippen LogP contribution in [0.4, 0.5) is 13.2 Å². The molecule has 0 aliphatic rings. The van der Waals surface area contributed by atoms with Gasteiger partial charge in [0.25, 0.3) is 0 Å². The molecular weight excluding hydrogens is 327 g/mol. The van der Waals surface area contributed by atoms with Crippen molar-refractivity contribution in [3.05, 3.63) is 24.3 Å². The molecule has 0 radical (unpaired) electrons. The average molecular weight is 343 g/mol. The predicted molar refractivity (Wildman–Crippen MR) is 75.9 cm³/mol. The van der Waals surface area contributed by atoms with Crippen LogP contribution in [0.5, 0.6) is 5.75 Å². The van der Waals surface area contributed by atoms with Crippen LogP contribution in [-0.4, -0.2) is 33.3 Å². The summed E-state index contributed by atoms with van der Waals surface area (Å²) in [5.74, 6) is 0.464. The van der Waals surface area contributed by atoms with E-state index in [9.17, 15) is 21.6 Å². The Bertz CT molecular complexity index is 530. The van der Waals surface area contributed by atoms with Gasteiger partial charge in [0.05, 0.1) is 12.0 Å². The SMILES string of the molecule is COc1ccc(S(=O)(=O)NCCCCSC(F)(F)F)cc1. The molecule has 0 bridgehead atoms. The first-order valence-corrected chi connectivity index (χ1v) is 8.56. The molecule has 120 valence electrons. The fourth-order valence-electron chi connectivity index (χ4n) is 1.46. The van der Waals surface area contributed by atoms with Gasteiger partial charge in [0.1, 0.15) is 5.75 Å². The second kappa shape index (κ2) is 7.90. The zero-order valence-corrected chi connectivity index (χ0v) is 12.9. The number of halogens is 3. The minimum absolute atomic E-state index is 0.0756. The molecule has 0 aromatic heterocycles. The number of ether oxygens (including phenoxy) is 1. The number of methoxy groups -OCH3 is 1. The van der Waals surface area contributed by atoms with Crippen LogP contribution in [0.15, 0.2) is 29.2 Å². The molecule has 1 aromatic carbocycles. The fourth-order valence-corrected chi connectivity index (χ4v) is 3.11. The van der Waals surface area contributed by atoms with Crippen LogP contribution in [0.3, 0.4) is 0 Å². The average Bonchev–Trinajstić information content (AvgIpc) is 2.41. The standard InChI is InChI=1S/C12H16F3NO3S2/c1-19-10-4-6-11(7-5-10)21(17,18)16-8-2-3-9-20-12(13,14)15/h4-7,16H,2-3,8-9H2,1H3. The summed E-state index contributed by atoms with van der Waals surface area (Å²) in [5, 5.41) is 0. The van der Waals surface area contributed by atoms with Crippen molar-refractivity contribution in [2.75, 3.05) is 19.4 Å². The molecule has 1 N–H and O–H groups in total. The molecule has 0 spiro atoms. The minimum Gasteiger partial charge on any atom is -0.497 e. The first-order valence-electron chi connectivity index (χ1n) is 6.09. The third-order valence-corrected chi connectivity index (χ3v) is 4.80. The van der Waals surface area contributed by atoms with Crippen molar-refractivity contribution < 1.29 is 26.3 Å². The zero-order chi connectivity index (χ0) is 15.9. The molecule has 1 rings (SSSR count). The van der Waals surface area contributed by atoms with Crippen molar-refractivity contribution in [1.29, 1.82) is 0 Å². The Kier molecular flexibility index (Phi) is 6.82. The highest BCUT2D eigenvalue weighted by atomic mass is 32.2. The maximum absolute atomic E-state index is 11.9. The van der Waals surface area contributed by atoms with Crippen molar-refractivity contribution in [2.24, 2.45) is 0 Å². The van der Waals surface area contributed by atoms with Gasteiger partial charge in [-0.3, -0.25) is 0 Å². The Morgan fingerprint density at radius 3 is 2.33 bits per heavy atom. The molecule has 9 heteroatoms. The number of benzene rings is 1. The van der Waals surface area contributed by atoms with Crippen LogP contribution in [0.1, 0.15) is 12.8 Å². The molecule has 0 atom stereocenters. The van der Waals surface area contributed by atoms with Crippen molar-refractivity contribution in [3.63, 3.8) is 0 Å². The molecule has 21 heavy (non-hydrogen) atoms. The summed E-state index contributed by atoms with van der Waals surface area (Å²) in [7, 11) is -2.16. The molecule has 0 aliphatic carbocycles. The van der Waals surface area contributed by atoms with Gasteiger partial charge in [-0.05, 0) is 37.1 Å². The molecule has 4 nitrogen and oxygen atoms in total. The summed E-state index contributed by atoms with van der Waals surface area (Å²) in [5.41, 5.74) is -4.23. The highest BCUT2D eigenvalue weighted by Gasteiger charge is 2.27. The van der Waals surface area contributed by atoms with E-state index in [1.807, 2.05) is 0 Å². The molecular formula is C12H16F3NO3S2. The van der Waals surface area contributed by atoms with E-state index in [2.05, 4.69) is 4.72 Å². The van der Waals surface area contributed by atoms with E-state index in [1.165, 1.54) is 31.4 Å². The molecule has 0 heterocycles. The Hall–Kier alpha value is -0.930. The number of hydrogen-bond donors (Lipinski definition) is 1. The number of thioether (sulfide) groups is 1. The summed E-state index contributed by atoms with van der Waals surface area (Å²) in [6, 6.07) is 5.85. The van der Waals surface area contributed by atoms with E-state index in [0.29, 0.717) is 12.2 Å². The topological polar surface area (TPSA) is 55.4 Å². The predicted octanol–water partition coefficient (Wildman–Crippen LogP) is 3.01. The van der Waals surface area contributed by atoms with Gasteiger partial charge in [0.2, 0.25) is 10.0 Å². The number of rotatable bonds is 8. The fraction of sp³-hybridized carbons (Fsp3) is 0.500. The Balaban J connectivity index is 2.36. The van der Waals surface area contributed by atoms with E-state index in [0.717, 1.165) is 0 Å². The van der Waals surface area contributed by atoms with Gasteiger partial charge in [0.15, 0.2) is 0 Å². The number of alkyl halides is 3. The van der Waals surface area contributed by atoms with E-state index >= 15 is 0 Å². The van der Waals surface area contributed by atoms with Crippen LogP contribution in [0, 0.1) is 0 Å². The molecule has 0 unspecified atom stereocenters. The Morgan fingerprint density at radius 1 is 1.19 bits per heavy atom. The first-order chi connectivity index (χ1) is 9.74. The molecule has 1 aromatic rings. The van der Waals surface area contributed by atoms with Crippen LogP contribution in [0.25, 0.3) is 0 Å². The lowest BCUT2D eigenvalue weighted by Gasteiger charge is -2.08. The largest absolute Gasteiger partial charge is 0.497 e. The molecule has 0 amide bonds. The van der Waals surface area contributed by atoms with Gasteiger partial charge in [0, 0.05) is 12.3 Å². The number of sulfonamides is 1. The highest BCUT2D eigenvalue weighted by Crippen LogP contribution is 2.30. The van der Waals surface area contributed by atoms with E-state index in [-0.39, 0.29) is 35.4 Å². The quantitative estimate of drug-likeness (QED) is 0.737. The van der Waals surface area contributed by atoms with Crippen molar-refractivity contribution >= 4 is 21.8 Å². The summed E-state index contributed by atoms with van der Waals surface area (Å²) in [6.07, 6.45) is 0.633. The monoisotopic (exact) mass is 343 g/mol. The van der Waals surface area contributed by atoms with Gasteiger partial charge >= 0.3 is 5.51 Å². The van der Waals surface area contributed by atoms with Crippen molar-refractivity contribution in [3.8, 4) is 5.75 Å². The normalized spacial score (nSPS) is 12.4. The van der Waals surface area contributed by atoms with Gasteiger partial charge in [-0.25, -0.2) is 13.1 Å². The summed E-state index contributed by atoms with van der Waals surface area (Å²) in [4.78, 5) is 0.0907. The summed E-state index contributed by atoms with van der Waals surface area (Å²) in [6.45, 7) is 0.104. The zero-order valence-electron chi connectivity index (χ0n) is 11.3. The highest BCUT2D eigenvalue weighted by molar-refractivity contribution is 8.00. The van der Waals surface area contributed by atoms with E-state index in [1.54, 1.807) is 0 Å². The van der Waals surface area contributed by atoms with Crippen LogP contribution in [-0.2, 0) is 10.0 Å². The lowest BCUT2D eigenvalue weighted by Crippen LogP contribution is -2.24. The number of hydrogen-bond acceptors (Lipinski definition) is 4. The summed E-state index contributed by atoms with van der Waals surface area (Å²) < 4.78 is 66.7. The van der Waals surface area contributed by atoms with Gasteiger partial charge in [-0.1, -0.05) is 11.8 Å². The molecule has 0 saturated carbocycles. The second-order valence-corrected chi connectivity index (χ2v) is 7.00. The maximum Gasteiger partial charge on any atom is 0.441 e. The van der Waals surface area contributed by atoms with Crippen LogP contribution >= 0.6 is 11.8 Å². The molecule has 0 saturated heterocycles. The van der Waals surface area contributed by atoms with Crippen molar-refractivity contribution in [1.82, 2.24) is 4.72 Å². The summed E-state index contributed by atoms with van der Waals surface area (Å²) >= 11 is -0.0991. The van der Waals surface area contributed by atoms with E-state index < -0.39 is 15.5 Å². The smallest absolute Gasteiger partial charge is 0.441 e. The molecule has 0 fully saturated rings. The molecule has 0 aliphatic heterocycles. The first kappa shape index (κ1) is 18.1. The minimum atomic E-state index is -4.23. The Morgan fingerprint density at radius 2 is 1.81 bits per heavy atom. The van der Waals surface area contributed by atoms with Crippen LogP contribution < -0.4 is 9.46 Å². The van der Waals surface area contributed by atoms with Gasteiger partial charge in [-0.15, -0.1) is 0 Å². The maximum atomic E-state index is 11.9. The third-order valence-electron chi connectivity index (χ3n) is 2.50.